The molecule has 0 radical (unpaired) electrons. The number of hydrogen-bond acceptors (Lipinski definition) is 4. The quantitative estimate of drug-likeness (QED) is 0.872. The Hall–Kier alpha value is -0.370. The predicted molar refractivity (Wildman–Crippen MR) is 85.3 cm³/mol. The third kappa shape index (κ3) is 3.52. The summed E-state index contributed by atoms with van der Waals surface area (Å²) in [6.45, 7) is 4.64. The summed E-state index contributed by atoms with van der Waals surface area (Å²) in [6, 6.07) is 1.55. The largest absolute Gasteiger partial charge is 0.452 e. The van der Waals surface area contributed by atoms with Gasteiger partial charge in [-0.05, 0) is 47.0 Å². The van der Waals surface area contributed by atoms with Gasteiger partial charge in [0, 0.05) is 19.2 Å². The monoisotopic (exact) mass is 378 g/mol. The zero-order valence-corrected chi connectivity index (χ0v) is 15.1. The second-order valence-electron chi connectivity index (χ2n) is 6.47. The van der Waals surface area contributed by atoms with Gasteiger partial charge >= 0.3 is 0 Å². The minimum absolute atomic E-state index is 0.0474. The van der Waals surface area contributed by atoms with Gasteiger partial charge in [-0.3, -0.25) is 0 Å². The van der Waals surface area contributed by atoms with Crippen LogP contribution < -0.4 is 5.73 Å². The highest BCUT2D eigenvalue weighted by Crippen LogP contribution is 2.38. The summed E-state index contributed by atoms with van der Waals surface area (Å²) in [6.07, 6.45) is 3.86. The van der Waals surface area contributed by atoms with Crippen molar-refractivity contribution in [2.75, 3.05) is 7.05 Å². The van der Waals surface area contributed by atoms with Gasteiger partial charge in [-0.1, -0.05) is 13.8 Å². The molecule has 0 atom stereocenters. The molecule has 0 amide bonds. The fourth-order valence-corrected chi connectivity index (χ4v) is 5.15. The van der Waals surface area contributed by atoms with Crippen molar-refractivity contribution in [2.24, 2.45) is 11.1 Å². The summed E-state index contributed by atoms with van der Waals surface area (Å²) >= 11 is 3.18. The lowest BCUT2D eigenvalue weighted by molar-refractivity contribution is 0.174. The van der Waals surface area contributed by atoms with Crippen molar-refractivity contribution < 1.29 is 12.8 Å². The zero-order chi connectivity index (χ0) is 15.8. The molecule has 0 spiro atoms. The molecule has 0 aliphatic heterocycles. The molecule has 1 saturated carbocycles. The Morgan fingerprint density at radius 1 is 1.43 bits per heavy atom. The summed E-state index contributed by atoms with van der Waals surface area (Å²) in [5.74, 6) is 0.457. The summed E-state index contributed by atoms with van der Waals surface area (Å²) in [7, 11) is -1.91. The van der Waals surface area contributed by atoms with Gasteiger partial charge in [0.05, 0.1) is 6.54 Å². The van der Waals surface area contributed by atoms with Crippen LogP contribution in [0.15, 0.2) is 20.0 Å². The number of halogens is 1. The number of rotatable bonds is 4. The minimum Gasteiger partial charge on any atom is -0.452 e. The molecular weight excluding hydrogens is 356 g/mol. The molecule has 0 saturated heterocycles. The van der Waals surface area contributed by atoms with Crippen molar-refractivity contribution in [3.63, 3.8) is 0 Å². The summed E-state index contributed by atoms with van der Waals surface area (Å²) in [4.78, 5) is 0.162. The van der Waals surface area contributed by atoms with Crippen LogP contribution in [0.5, 0.6) is 0 Å². The average Bonchev–Trinajstić information content (AvgIpc) is 2.80. The second-order valence-corrected chi connectivity index (χ2v) is 9.16. The molecular formula is C14H23BrN2O3S. The molecule has 1 heterocycles. The molecule has 0 unspecified atom stereocenters. The van der Waals surface area contributed by atoms with Crippen LogP contribution in [0.2, 0.25) is 0 Å². The molecule has 120 valence electrons. The van der Waals surface area contributed by atoms with Gasteiger partial charge in [0.25, 0.3) is 0 Å². The van der Waals surface area contributed by atoms with E-state index < -0.39 is 10.0 Å². The molecule has 1 aliphatic rings. The fraction of sp³-hybridized carbons (Fsp3) is 0.714. The van der Waals surface area contributed by atoms with E-state index in [0.29, 0.717) is 11.2 Å². The molecule has 0 bridgehead atoms. The Bertz CT molecular complexity index is 600. The Balaban J connectivity index is 2.21. The van der Waals surface area contributed by atoms with Crippen LogP contribution in [0.1, 0.15) is 45.3 Å². The third-order valence-electron chi connectivity index (χ3n) is 4.39. The van der Waals surface area contributed by atoms with Gasteiger partial charge in [-0.2, -0.15) is 4.31 Å². The smallest absolute Gasteiger partial charge is 0.247 e. The maximum Gasteiger partial charge on any atom is 0.247 e. The lowest BCUT2D eigenvalue weighted by Crippen LogP contribution is -2.40. The molecule has 1 aromatic heterocycles. The Labute approximate surface area is 135 Å². The molecule has 7 heteroatoms. The van der Waals surface area contributed by atoms with Crippen molar-refractivity contribution in [1.82, 2.24) is 4.31 Å². The molecule has 2 rings (SSSR count). The van der Waals surface area contributed by atoms with E-state index in [1.807, 2.05) is 0 Å². The van der Waals surface area contributed by atoms with Crippen LogP contribution in [0.25, 0.3) is 0 Å². The van der Waals surface area contributed by atoms with Gasteiger partial charge in [0.1, 0.15) is 10.7 Å². The molecule has 1 aliphatic carbocycles. The first-order valence-corrected chi connectivity index (χ1v) is 9.37. The first kappa shape index (κ1) is 17.0. The van der Waals surface area contributed by atoms with Crippen molar-refractivity contribution in [3.8, 4) is 0 Å². The van der Waals surface area contributed by atoms with Gasteiger partial charge in [-0.15, -0.1) is 0 Å². The van der Waals surface area contributed by atoms with Crippen LogP contribution >= 0.6 is 15.9 Å². The number of nitrogens with two attached hydrogens (primary N) is 1. The number of nitrogens with zero attached hydrogens (tertiary/aromatic N) is 1. The topological polar surface area (TPSA) is 76.5 Å². The summed E-state index contributed by atoms with van der Waals surface area (Å²) in [5, 5.41) is 0. The summed E-state index contributed by atoms with van der Waals surface area (Å²) < 4.78 is 32.5. The van der Waals surface area contributed by atoms with E-state index in [1.165, 1.54) is 10.4 Å². The lowest BCUT2D eigenvalue weighted by atomic mass is 9.76. The van der Waals surface area contributed by atoms with Crippen LogP contribution in [0.4, 0.5) is 0 Å². The standard InChI is InChI=1S/C14H23BrN2O3S/c1-14(2)6-4-10(5-7-14)17(3)21(18,19)12-8-11(9-16)20-13(12)15/h8,10H,4-7,9,16H2,1-3H3. The summed E-state index contributed by atoms with van der Waals surface area (Å²) in [5.41, 5.74) is 5.81. The number of furan rings is 1. The van der Waals surface area contributed by atoms with E-state index in [2.05, 4.69) is 29.8 Å². The zero-order valence-electron chi connectivity index (χ0n) is 12.7. The molecule has 0 aromatic carbocycles. The maximum atomic E-state index is 12.7. The Morgan fingerprint density at radius 3 is 2.48 bits per heavy atom. The molecule has 21 heavy (non-hydrogen) atoms. The van der Waals surface area contributed by atoms with Crippen LogP contribution in [0.3, 0.4) is 0 Å². The normalized spacial score (nSPS) is 20.1. The number of hydrogen-bond donors (Lipinski definition) is 1. The predicted octanol–water partition coefficient (Wildman–Crippen LogP) is 3.09. The van der Waals surface area contributed by atoms with Crippen molar-refractivity contribution in [2.45, 2.75) is 57.0 Å². The van der Waals surface area contributed by atoms with Gasteiger partial charge in [0.15, 0.2) is 4.67 Å². The first-order valence-electron chi connectivity index (χ1n) is 7.14. The van der Waals surface area contributed by atoms with Crippen LogP contribution in [-0.2, 0) is 16.6 Å². The molecule has 1 aromatic rings. The van der Waals surface area contributed by atoms with E-state index in [-0.39, 0.29) is 22.2 Å². The highest BCUT2D eigenvalue weighted by molar-refractivity contribution is 9.10. The van der Waals surface area contributed by atoms with E-state index in [1.54, 1.807) is 7.05 Å². The van der Waals surface area contributed by atoms with Crippen LogP contribution in [0, 0.1) is 5.41 Å². The lowest BCUT2D eigenvalue weighted by Gasteiger charge is -2.37. The molecule has 5 nitrogen and oxygen atoms in total. The average molecular weight is 379 g/mol. The van der Waals surface area contributed by atoms with Crippen molar-refractivity contribution in [3.05, 3.63) is 16.5 Å². The SMILES string of the molecule is CN(C1CCC(C)(C)CC1)S(=O)(=O)c1cc(CN)oc1Br. The van der Waals surface area contributed by atoms with Crippen molar-refractivity contribution >= 4 is 26.0 Å². The van der Waals surface area contributed by atoms with Gasteiger partial charge in [0.2, 0.25) is 10.0 Å². The van der Waals surface area contributed by atoms with Crippen LogP contribution in [-0.4, -0.2) is 25.8 Å². The molecule has 1 fully saturated rings. The highest BCUT2D eigenvalue weighted by atomic mass is 79.9. The minimum atomic E-state index is -3.56. The number of sulfonamides is 1. The third-order valence-corrected chi connectivity index (χ3v) is 7.15. The molecule has 2 N–H and O–H groups in total. The van der Waals surface area contributed by atoms with E-state index in [0.717, 1.165) is 25.7 Å². The Morgan fingerprint density at radius 2 is 2.00 bits per heavy atom. The van der Waals surface area contributed by atoms with Gasteiger partial charge in [-0.25, -0.2) is 8.42 Å². The Kier molecular flexibility index (Phi) is 4.87. The second kappa shape index (κ2) is 6.02. The van der Waals surface area contributed by atoms with E-state index in [4.69, 9.17) is 10.2 Å². The maximum absolute atomic E-state index is 12.7. The van der Waals surface area contributed by atoms with E-state index in [9.17, 15) is 8.42 Å². The van der Waals surface area contributed by atoms with Crippen molar-refractivity contribution in [1.29, 1.82) is 0 Å². The van der Waals surface area contributed by atoms with E-state index >= 15 is 0 Å². The van der Waals surface area contributed by atoms with Gasteiger partial charge < -0.3 is 10.2 Å². The highest BCUT2D eigenvalue weighted by Gasteiger charge is 2.35. The fourth-order valence-electron chi connectivity index (χ4n) is 2.77. The first-order chi connectivity index (χ1) is 9.67.